The fourth-order valence-electron chi connectivity index (χ4n) is 2.91. The summed E-state index contributed by atoms with van der Waals surface area (Å²) in [5.74, 6) is -4.60. The molecular weight excluding hydrogens is 373 g/mol. The number of benzene rings is 2. The molecule has 2 aromatic rings. The van der Waals surface area contributed by atoms with Gasteiger partial charge in [0.1, 0.15) is 0 Å². The van der Waals surface area contributed by atoms with Crippen LogP contribution in [0.25, 0.3) is 0 Å². The van der Waals surface area contributed by atoms with E-state index in [0.717, 1.165) is 0 Å². The Bertz CT molecular complexity index is 966. The molecule has 0 aromatic heterocycles. The van der Waals surface area contributed by atoms with E-state index in [1.54, 1.807) is 24.3 Å². The Morgan fingerprint density at radius 1 is 1.07 bits per heavy atom. The highest BCUT2D eigenvalue weighted by molar-refractivity contribution is 6.09. The zero-order valence-electron chi connectivity index (χ0n) is 15.1. The van der Waals surface area contributed by atoms with Gasteiger partial charge in [-0.15, -0.1) is 0 Å². The molecule has 9 heteroatoms. The molecule has 1 aliphatic heterocycles. The fraction of sp³-hybridized carbons (Fsp3) is 0.211. The number of amides is 3. The van der Waals surface area contributed by atoms with Crippen LogP contribution in [0.1, 0.15) is 25.8 Å². The Kier molecular flexibility index (Phi) is 5.08. The van der Waals surface area contributed by atoms with Crippen LogP contribution >= 0.6 is 0 Å². The summed E-state index contributed by atoms with van der Waals surface area (Å²) in [7, 11) is 0. The Balaban J connectivity index is 1.76. The summed E-state index contributed by atoms with van der Waals surface area (Å²) in [4.78, 5) is 23.6. The molecule has 1 heterocycles. The van der Waals surface area contributed by atoms with E-state index in [0.29, 0.717) is 29.1 Å². The highest BCUT2D eigenvalue weighted by Crippen LogP contribution is 2.30. The molecule has 0 spiro atoms. The number of carbonyl (C=O) groups is 2. The molecule has 3 rings (SSSR count). The average Bonchev–Trinajstić information content (AvgIpc) is 2.58. The predicted octanol–water partition coefficient (Wildman–Crippen LogP) is 4.00. The van der Waals surface area contributed by atoms with Crippen molar-refractivity contribution >= 4 is 29.0 Å². The Labute approximate surface area is 158 Å². The number of nitrogens with zero attached hydrogens (tertiary/aromatic N) is 1. The summed E-state index contributed by atoms with van der Waals surface area (Å²) in [5, 5.41) is 8.88. The van der Waals surface area contributed by atoms with Gasteiger partial charge in [-0.05, 0) is 12.1 Å². The molecule has 3 amide bonds. The number of anilines is 2. The van der Waals surface area contributed by atoms with E-state index >= 15 is 0 Å². The molecule has 0 aliphatic carbocycles. The number of nitrogens with one attached hydrogen (secondary N) is 3. The molecule has 0 bridgehead atoms. The zero-order chi connectivity index (χ0) is 20.5. The van der Waals surface area contributed by atoms with E-state index in [9.17, 15) is 22.8 Å². The van der Waals surface area contributed by atoms with Crippen LogP contribution in [0.2, 0.25) is 0 Å². The van der Waals surface area contributed by atoms with Gasteiger partial charge in [-0.3, -0.25) is 4.79 Å². The lowest BCUT2D eigenvalue weighted by Gasteiger charge is -2.29. The number of hydrazone groups is 1. The van der Waals surface area contributed by atoms with Crippen molar-refractivity contribution in [3.63, 3.8) is 0 Å². The summed E-state index contributed by atoms with van der Waals surface area (Å²) >= 11 is 0. The van der Waals surface area contributed by atoms with E-state index < -0.39 is 28.9 Å². The van der Waals surface area contributed by atoms with Gasteiger partial charge in [0.2, 0.25) is 5.91 Å². The molecule has 0 saturated heterocycles. The second kappa shape index (κ2) is 7.34. The van der Waals surface area contributed by atoms with Crippen LogP contribution in [-0.2, 0) is 4.79 Å². The van der Waals surface area contributed by atoms with Crippen LogP contribution in [-0.4, -0.2) is 17.6 Å². The maximum atomic E-state index is 13.2. The third-order valence-electron chi connectivity index (χ3n) is 4.17. The monoisotopic (exact) mass is 390 g/mol. The van der Waals surface area contributed by atoms with E-state index in [-0.39, 0.29) is 18.0 Å². The number of halogens is 3. The third kappa shape index (κ3) is 4.13. The van der Waals surface area contributed by atoms with E-state index in [1.807, 2.05) is 13.8 Å². The average molecular weight is 390 g/mol. The summed E-state index contributed by atoms with van der Waals surface area (Å²) in [6, 6.07) is 7.34. The van der Waals surface area contributed by atoms with Crippen LogP contribution < -0.4 is 16.1 Å². The van der Waals surface area contributed by atoms with Gasteiger partial charge in [-0.2, -0.15) is 5.10 Å². The normalized spacial score (nSPS) is 15.5. The summed E-state index contributed by atoms with van der Waals surface area (Å²) < 4.78 is 39.5. The first-order chi connectivity index (χ1) is 13.2. The third-order valence-corrected chi connectivity index (χ3v) is 4.17. The molecule has 3 N–H and O–H groups in total. The maximum Gasteiger partial charge on any atom is 0.323 e. The minimum absolute atomic E-state index is 0.179. The van der Waals surface area contributed by atoms with Gasteiger partial charge in [0.15, 0.2) is 17.5 Å². The van der Waals surface area contributed by atoms with Crippen molar-refractivity contribution in [1.29, 1.82) is 0 Å². The van der Waals surface area contributed by atoms with Crippen molar-refractivity contribution in [2.45, 2.75) is 20.3 Å². The lowest BCUT2D eigenvalue weighted by Crippen LogP contribution is -2.39. The van der Waals surface area contributed by atoms with Crippen molar-refractivity contribution < 1.29 is 22.8 Å². The largest absolute Gasteiger partial charge is 0.323 e. The minimum Gasteiger partial charge on any atom is -0.308 e. The SMILES string of the molecule is CC1(C)CC(=O)NN=C1c1cccc(NC(=O)Nc2cc(F)c(F)c(F)c2)c1. The Morgan fingerprint density at radius 3 is 2.36 bits per heavy atom. The van der Waals surface area contributed by atoms with Crippen molar-refractivity contribution in [3.05, 3.63) is 59.4 Å². The quantitative estimate of drug-likeness (QED) is 0.693. The smallest absolute Gasteiger partial charge is 0.308 e. The van der Waals surface area contributed by atoms with E-state index in [1.165, 1.54) is 0 Å². The van der Waals surface area contributed by atoms with Gasteiger partial charge in [0.05, 0.1) is 5.71 Å². The topological polar surface area (TPSA) is 82.6 Å². The van der Waals surface area contributed by atoms with Gasteiger partial charge < -0.3 is 10.6 Å². The number of rotatable bonds is 3. The first-order valence-electron chi connectivity index (χ1n) is 8.36. The molecule has 2 aromatic carbocycles. The molecule has 6 nitrogen and oxygen atoms in total. The molecular formula is C19H17F3N4O2. The van der Waals surface area contributed by atoms with Crippen LogP contribution in [0.4, 0.5) is 29.3 Å². The van der Waals surface area contributed by atoms with E-state index in [4.69, 9.17) is 0 Å². The maximum absolute atomic E-state index is 13.2. The Hall–Kier alpha value is -3.36. The van der Waals surface area contributed by atoms with Crippen molar-refractivity contribution in [3.8, 4) is 0 Å². The molecule has 0 saturated carbocycles. The number of hydrogen-bond donors (Lipinski definition) is 3. The van der Waals surface area contributed by atoms with Gasteiger partial charge in [0, 0.05) is 40.9 Å². The van der Waals surface area contributed by atoms with Crippen LogP contribution in [0.3, 0.4) is 0 Å². The highest BCUT2D eigenvalue weighted by Gasteiger charge is 2.33. The molecule has 0 fully saturated rings. The summed E-state index contributed by atoms with van der Waals surface area (Å²) in [6.07, 6.45) is 0.270. The fourth-order valence-corrected chi connectivity index (χ4v) is 2.91. The molecule has 0 unspecified atom stereocenters. The van der Waals surface area contributed by atoms with Crippen LogP contribution in [0.15, 0.2) is 41.5 Å². The highest BCUT2D eigenvalue weighted by atomic mass is 19.2. The minimum atomic E-state index is -1.61. The standard InChI is InChI=1S/C19H17F3N4O2/c1-19(2)9-15(27)25-26-17(19)10-4-3-5-11(6-10)23-18(28)24-12-7-13(20)16(22)14(21)8-12/h3-8H,9H2,1-2H3,(H,25,27)(H2,23,24,28). The number of urea groups is 1. The summed E-state index contributed by atoms with van der Waals surface area (Å²) in [5.41, 5.74) is 3.46. The van der Waals surface area contributed by atoms with Crippen molar-refractivity contribution in [2.24, 2.45) is 10.5 Å². The second-order valence-corrected chi connectivity index (χ2v) is 6.97. The predicted molar refractivity (Wildman–Crippen MR) is 98.5 cm³/mol. The van der Waals surface area contributed by atoms with E-state index in [2.05, 4.69) is 21.2 Å². The van der Waals surface area contributed by atoms with Gasteiger partial charge in [-0.1, -0.05) is 26.0 Å². The number of carbonyl (C=O) groups excluding carboxylic acids is 2. The molecule has 28 heavy (non-hydrogen) atoms. The van der Waals surface area contributed by atoms with Crippen LogP contribution in [0.5, 0.6) is 0 Å². The number of hydrogen-bond acceptors (Lipinski definition) is 3. The second-order valence-electron chi connectivity index (χ2n) is 6.97. The van der Waals surface area contributed by atoms with Gasteiger partial charge >= 0.3 is 6.03 Å². The Morgan fingerprint density at radius 2 is 1.71 bits per heavy atom. The first-order valence-corrected chi connectivity index (χ1v) is 8.36. The lowest BCUT2D eigenvalue weighted by molar-refractivity contribution is -0.122. The van der Waals surface area contributed by atoms with Crippen molar-refractivity contribution in [2.75, 3.05) is 10.6 Å². The molecule has 0 atom stereocenters. The summed E-state index contributed by atoms with van der Waals surface area (Å²) in [6.45, 7) is 3.77. The molecule has 1 aliphatic rings. The zero-order valence-corrected chi connectivity index (χ0v) is 15.1. The first kappa shape index (κ1) is 19.4. The van der Waals surface area contributed by atoms with Crippen molar-refractivity contribution in [1.82, 2.24) is 5.43 Å². The van der Waals surface area contributed by atoms with Gasteiger partial charge in [0.25, 0.3) is 0 Å². The van der Waals surface area contributed by atoms with Crippen LogP contribution in [0, 0.1) is 22.9 Å². The van der Waals surface area contributed by atoms with Gasteiger partial charge in [-0.25, -0.2) is 23.4 Å². The molecule has 146 valence electrons. The molecule has 0 radical (unpaired) electrons. The lowest BCUT2D eigenvalue weighted by atomic mass is 9.79.